The Balaban J connectivity index is 2.12. The molecule has 0 fully saturated rings. The SMILES string of the molecule is COc1ccccc1[C@H](C)NC(=O)c1coc(C)n1. The van der Waals surface area contributed by atoms with Crippen molar-refractivity contribution in [3.05, 3.63) is 47.7 Å². The van der Waals surface area contributed by atoms with Crippen LogP contribution in [0.2, 0.25) is 0 Å². The van der Waals surface area contributed by atoms with E-state index in [4.69, 9.17) is 9.15 Å². The van der Waals surface area contributed by atoms with Gasteiger partial charge in [-0.1, -0.05) is 18.2 Å². The second-order valence-corrected chi connectivity index (χ2v) is 4.19. The van der Waals surface area contributed by atoms with Crippen LogP contribution in [-0.4, -0.2) is 18.0 Å². The third kappa shape index (κ3) is 2.93. The van der Waals surface area contributed by atoms with E-state index in [-0.39, 0.29) is 17.6 Å². The van der Waals surface area contributed by atoms with Gasteiger partial charge in [-0.3, -0.25) is 4.79 Å². The Morgan fingerprint density at radius 3 is 2.79 bits per heavy atom. The van der Waals surface area contributed by atoms with Crippen LogP contribution in [-0.2, 0) is 0 Å². The highest BCUT2D eigenvalue weighted by Crippen LogP contribution is 2.24. The van der Waals surface area contributed by atoms with Crippen LogP contribution >= 0.6 is 0 Å². The number of carbonyl (C=O) groups is 1. The largest absolute Gasteiger partial charge is 0.496 e. The summed E-state index contributed by atoms with van der Waals surface area (Å²) in [6.07, 6.45) is 1.35. The normalized spacial score (nSPS) is 11.9. The Bertz CT molecular complexity index is 578. The third-order valence-corrected chi connectivity index (χ3v) is 2.80. The van der Waals surface area contributed by atoms with Gasteiger partial charge in [0.15, 0.2) is 11.6 Å². The summed E-state index contributed by atoms with van der Waals surface area (Å²) in [5.74, 6) is 0.942. The lowest BCUT2D eigenvalue weighted by molar-refractivity contribution is 0.0934. The molecule has 2 aromatic rings. The number of para-hydroxylation sites is 1. The van der Waals surface area contributed by atoms with E-state index in [9.17, 15) is 4.79 Å². The van der Waals surface area contributed by atoms with Crippen LogP contribution in [0.5, 0.6) is 5.75 Å². The number of methoxy groups -OCH3 is 1. The van der Waals surface area contributed by atoms with Crippen molar-refractivity contribution in [2.45, 2.75) is 19.9 Å². The number of nitrogens with one attached hydrogen (secondary N) is 1. The molecule has 100 valence electrons. The Hall–Kier alpha value is -2.30. The summed E-state index contributed by atoms with van der Waals surface area (Å²) in [6.45, 7) is 3.59. The van der Waals surface area contributed by atoms with Crippen molar-refractivity contribution in [1.29, 1.82) is 0 Å². The fourth-order valence-corrected chi connectivity index (χ4v) is 1.84. The number of nitrogens with zero attached hydrogens (tertiary/aromatic N) is 1. The first-order chi connectivity index (χ1) is 9.11. The summed E-state index contributed by atoms with van der Waals surface area (Å²) < 4.78 is 10.3. The second-order valence-electron chi connectivity index (χ2n) is 4.19. The van der Waals surface area contributed by atoms with E-state index in [0.717, 1.165) is 11.3 Å². The zero-order valence-corrected chi connectivity index (χ0v) is 11.1. The number of benzene rings is 1. The van der Waals surface area contributed by atoms with Crippen LogP contribution in [0.1, 0.15) is 34.9 Å². The molecule has 0 saturated heterocycles. The van der Waals surface area contributed by atoms with Crippen LogP contribution in [0.25, 0.3) is 0 Å². The minimum absolute atomic E-state index is 0.180. The topological polar surface area (TPSA) is 64.4 Å². The molecule has 5 heteroatoms. The predicted molar refractivity (Wildman–Crippen MR) is 70.1 cm³/mol. The molecular weight excluding hydrogens is 244 g/mol. The second kappa shape index (κ2) is 5.56. The molecule has 1 atom stereocenters. The van der Waals surface area contributed by atoms with Crippen LogP contribution in [0.15, 0.2) is 34.9 Å². The number of rotatable bonds is 4. The summed E-state index contributed by atoms with van der Waals surface area (Å²) in [6, 6.07) is 7.38. The Morgan fingerprint density at radius 1 is 1.42 bits per heavy atom. The molecule has 0 aliphatic carbocycles. The number of amides is 1. The lowest BCUT2D eigenvalue weighted by Gasteiger charge is -2.16. The monoisotopic (exact) mass is 260 g/mol. The maximum atomic E-state index is 12.0. The number of aromatic nitrogens is 1. The highest BCUT2D eigenvalue weighted by Gasteiger charge is 2.16. The molecule has 0 bridgehead atoms. The molecule has 0 radical (unpaired) electrons. The van der Waals surface area contributed by atoms with Crippen molar-refractivity contribution in [3.63, 3.8) is 0 Å². The van der Waals surface area contributed by atoms with Crippen molar-refractivity contribution in [2.24, 2.45) is 0 Å². The molecule has 1 aromatic heterocycles. The average molecular weight is 260 g/mol. The van der Waals surface area contributed by atoms with E-state index in [1.807, 2.05) is 31.2 Å². The molecule has 2 rings (SSSR count). The van der Waals surface area contributed by atoms with Gasteiger partial charge in [0.05, 0.1) is 13.2 Å². The first-order valence-electron chi connectivity index (χ1n) is 5.97. The van der Waals surface area contributed by atoms with E-state index >= 15 is 0 Å². The van der Waals surface area contributed by atoms with Crippen LogP contribution < -0.4 is 10.1 Å². The fraction of sp³-hybridized carbons (Fsp3) is 0.286. The standard InChI is InChI=1S/C14H16N2O3/c1-9(11-6-4-5-7-13(11)18-3)15-14(17)12-8-19-10(2)16-12/h4-9H,1-3H3,(H,15,17)/t9-/m0/s1. The van der Waals surface area contributed by atoms with Gasteiger partial charge in [0.2, 0.25) is 0 Å². The highest BCUT2D eigenvalue weighted by molar-refractivity contribution is 5.92. The first kappa shape index (κ1) is 13.1. The van der Waals surface area contributed by atoms with E-state index < -0.39 is 0 Å². The Morgan fingerprint density at radius 2 is 2.16 bits per heavy atom. The Kier molecular flexibility index (Phi) is 3.85. The molecule has 0 unspecified atom stereocenters. The van der Waals surface area contributed by atoms with Gasteiger partial charge in [0, 0.05) is 12.5 Å². The number of ether oxygens (including phenoxy) is 1. The molecule has 0 aliphatic rings. The minimum Gasteiger partial charge on any atom is -0.496 e. The molecule has 0 aliphatic heterocycles. The van der Waals surface area contributed by atoms with Crippen LogP contribution in [0.4, 0.5) is 0 Å². The maximum absolute atomic E-state index is 12.0. The summed E-state index contributed by atoms with van der Waals surface area (Å²) in [4.78, 5) is 16.0. The number of aryl methyl sites for hydroxylation is 1. The molecule has 5 nitrogen and oxygen atoms in total. The van der Waals surface area contributed by atoms with Gasteiger partial charge in [0.25, 0.3) is 5.91 Å². The first-order valence-corrected chi connectivity index (χ1v) is 5.97. The average Bonchev–Trinajstić information content (AvgIpc) is 2.85. The van der Waals surface area contributed by atoms with Crippen molar-refractivity contribution in [1.82, 2.24) is 10.3 Å². The molecule has 0 spiro atoms. The van der Waals surface area contributed by atoms with Gasteiger partial charge in [0.1, 0.15) is 12.0 Å². The number of hydrogen-bond acceptors (Lipinski definition) is 4. The number of oxazole rings is 1. The van der Waals surface area contributed by atoms with Crippen molar-refractivity contribution in [3.8, 4) is 5.75 Å². The lowest BCUT2D eigenvalue weighted by Crippen LogP contribution is -2.27. The quantitative estimate of drug-likeness (QED) is 0.917. The molecule has 1 aromatic carbocycles. The molecule has 1 N–H and O–H groups in total. The molecule has 1 amide bonds. The van der Waals surface area contributed by atoms with Crippen LogP contribution in [0.3, 0.4) is 0 Å². The van der Waals surface area contributed by atoms with Gasteiger partial charge in [-0.25, -0.2) is 4.98 Å². The zero-order valence-electron chi connectivity index (χ0n) is 11.1. The van der Waals surface area contributed by atoms with Gasteiger partial charge >= 0.3 is 0 Å². The van der Waals surface area contributed by atoms with Gasteiger partial charge in [-0.05, 0) is 13.0 Å². The van der Waals surface area contributed by atoms with Crippen molar-refractivity contribution >= 4 is 5.91 Å². The van der Waals surface area contributed by atoms with E-state index in [1.165, 1.54) is 6.26 Å². The van der Waals surface area contributed by atoms with Crippen molar-refractivity contribution < 1.29 is 13.9 Å². The summed E-state index contributed by atoms with van der Waals surface area (Å²) >= 11 is 0. The van der Waals surface area contributed by atoms with Crippen LogP contribution in [0, 0.1) is 6.92 Å². The van der Waals surface area contributed by atoms with E-state index in [1.54, 1.807) is 14.0 Å². The van der Waals surface area contributed by atoms with E-state index in [0.29, 0.717) is 5.89 Å². The van der Waals surface area contributed by atoms with Gasteiger partial charge in [-0.2, -0.15) is 0 Å². The third-order valence-electron chi connectivity index (χ3n) is 2.80. The highest BCUT2D eigenvalue weighted by atomic mass is 16.5. The lowest BCUT2D eigenvalue weighted by atomic mass is 10.1. The van der Waals surface area contributed by atoms with Gasteiger partial charge < -0.3 is 14.5 Å². The molecular formula is C14H16N2O3. The minimum atomic E-state index is -0.268. The van der Waals surface area contributed by atoms with E-state index in [2.05, 4.69) is 10.3 Å². The van der Waals surface area contributed by atoms with Crippen molar-refractivity contribution in [2.75, 3.05) is 7.11 Å². The Labute approximate surface area is 111 Å². The van der Waals surface area contributed by atoms with Gasteiger partial charge in [-0.15, -0.1) is 0 Å². The molecule has 1 heterocycles. The molecule has 19 heavy (non-hydrogen) atoms. The zero-order chi connectivity index (χ0) is 13.8. The smallest absolute Gasteiger partial charge is 0.273 e. The maximum Gasteiger partial charge on any atom is 0.273 e. The molecule has 0 saturated carbocycles. The summed E-state index contributed by atoms with van der Waals surface area (Å²) in [5, 5.41) is 2.86. The number of carbonyl (C=O) groups excluding carboxylic acids is 1. The predicted octanol–water partition coefficient (Wildman–Crippen LogP) is 2.48. The number of hydrogen-bond donors (Lipinski definition) is 1. The fourth-order valence-electron chi connectivity index (χ4n) is 1.84. The summed E-state index contributed by atoms with van der Waals surface area (Å²) in [5.41, 5.74) is 1.19. The summed E-state index contributed by atoms with van der Waals surface area (Å²) in [7, 11) is 1.61.